The van der Waals surface area contributed by atoms with Crippen molar-refractivity contribution in [3.05, 3.63) is 29.3 Å². The number of carboxylic acids is 2. The number of carbonyl (C=O) groups is 3. The van der Waals surface area contributed by atoms with Crippen LogP contribution in [-0.2, 0) is 4.79 Å². The van der Waals surface area contributed by atoms with Gasteiger partial charge in [-0.3, -0.25) is 4.79 Å². The first kappa shape index (κ1) is 13.0. The molecule has 0 aliphatic rings. The fraction of sp³-hybridized carbons (Fsp3) is 0.100. The van der Waals surface area contributed by atoms with E-state index >= 15 is 0 Å². The Morgan fingerprint density at radius 2 is 1.82 bits per heavy atom. The number of anilines is 1. The molecule has 0 atom stereocenters. The molecule has 0 saturated heterocycles. The van der Waals surface area contributed by atoms with Gasteiger partial charge < -0.3 is 15.5 Å². The molecule has 1 aromatic rings. The largest absolute Gasteiger partial charge is 0.478 e. The van der Waals surface area contributed by atoms with Crippen molar-refractivity contribution in [2.45, 2.75) is 0 Å². The van der Waals surface area contributed by atoms with Gasteiger partial charge in [-0.15, -0.1) is 0 Å². The van der Waals surface area contributed by atoms with Crippen LogP contribution in [0.2, 0.25) is 0 Å². The Bertz CT molecular complexity index is 486. The Hall–Kier alpha value is -2.02. The summed E-state index contributed by atoms with van der Waals surface area (Å²) in [5.41, 5.74) is -0.342. The Kier molecular flexibility index (Phi) is 4.11. The highest BCUT2D eigenvalue weighted by Gasteiger charge is 2.14. The summed E-state index contributed by atoms with van der Waals surface area (Å²) in [7, 11) is 0. The SMILES string of the molecule is O=C(CS)Nc1cc(C(=O)O)ccc1C(=O)O. The summed E-state index contributed by atoms with van der Waals surface area (Å²) in [6.07, 6.45) is 0. The molecule has 0 unspecified atom stereocenters. The molecule has 0 saturated carbocycles. The second-order valence-corrected chi connectivity index (χ2v) is 3.39. The van der Waals surface area contributed by atoms with Crippen molar-refractivity contribution in [2.24, 2.45) is 0 Å². The average Bonchev–Trinajstić information content (AvgIpc) is 2.28. The van der Waals surface area contributed by atoms with Crippen molar-refractivity contribution >= 4 is 36.2 Å². The van der Waals surface area contributed by atoms with E-state index in [1.54, 1.807) is 0 Å². The molecule has 17 heavy (non-hydrogen) atoms. The number of benzene rings is 1. The molecule has 7 heteroatoms. The van der Waals surface area contributed by atoms with E-state index in [9.17, 15) is 14.4 Å². The molecule has 1 amide bonds. The molecule has 0 aliphatic carbocycles. The van der Waals surface area contributed by atoms with Crippen LogP contribution in [0.4, 0.5) is 5.69 Å². The minimum atomic E-state index is -1.25. The van der Waals surface area contributed by atoms with Crippen molar-refractivity contribution in [3.8, 4) is 0 Å². The summed E-state index contributed by atoms with van der Waals surface area (Å²) in [4.78, 5) is 32.7. The molecule has 0 aliphatic heterocycles. The fourth-order valence-corrected chi connectivity index (χ4v) is 1.24. The maximum atomic E-state index is 11.1. The van der Waals surface area contributed by atoms with Crippen LogP contribution in [-0.4, -0.2) is 33.8 Å². The highest BCUT2D eigenvalue weighted by atomic mass is 32.1. The van der Waals surface area contributed by atoms with Gasteiger partial charge in [0.2, 0.25) is 5.91 Å². The van der Waals surface area contributed by atoms with Gasteiger partial charge in [-0.1, -0.05) is 0 Å². The predicted octanol–water partition coefficient (Wildman–Crippen LogP) is 0.951. The molecule has 0 spiro atoms. The van der Waals surface area contributed by atoms with E-state index in [2.05, 4.69) is 17.9 Å². The van der Waals surface area contributed by atoms with Gasteiger partial charge in [-0.05, 0) is 18.2 Å². The van der Waals surface area contributed by atoms with Gasteiger partial charge in [0.25, 0.3) is 0 Å². The lowest BCUT2D eigenvalue weighted by Gasteiger charge is -2.08. The van der Waals surface area contributed by atoms with Crippen molar-refractivity contribution in [2.75, 3.05) is 11.1 Å². The zero-order valence-corrected chi connectivity index (χ0v) is 9.40. The monoisotopic (exact) mass is 255 g/mol. The van der Waals surface area contributed by atoms with Crippen molar-refractivity contribution in [1.82, 2.24) is 0 Å². The first-order chi connectivity index (χ1) is 7.95. The van der Waals surface area contributed by atoms with Gasteiger partial charge in [0, 0.05) is 0 Å². The minimum Gasteiger partial charge on any atom is -0.478 e. The third-order valence-electron chi connectivity index (χ3n) is 1.91. The number of carboxylic acid groups (broad SMARTS) is 2. The molecule has 0 heterocycles. The Morgan fingerprint density at radius 3 is 2.29 bits per heavy atom. The zero-order valence-electron chi connectivity index (χ0n) is 8.51. The van der Waals surface area contributed by atoms with Crippen LogP contribution in [0.15, 0.2) is 18.2 Å². The maximum Gasteiger partial charge on any atom is 0.337 e. The summed E-state index contributed by atoms with van der Waals surface area (Å²) >= 11 is 3.72. The third-order valence-corrected chi connectivity index (χ3v) is 2.20. The second kappa shape index (κ2) is 5.35. The maximum absolute atomic E-state index is 11.1. The van der Waals surface area contributed by atoms with Gasteiger partial charge in [-0.2, -0.15) is 12.6 Å². The highest BCUT2D eigenvalue weighted by Crippen LogP contribution is 2.18. The van der Waals surface area contributed by atoms with Crippen LogP contribution >= 0.6 is 12.6 Å². The van der Waals surface area contributed by atoms with Gasteiger partial charge in [-0.25, -0.2) is 9.59 Å². The quantitative estimate of drug-likeness (QED) is 0.600. The number of nitrogens with one attached hydrogen (secondary N) is 1. The van der Waals surface area contributed by atoms with Crippen molar-refractivity contribution in [1.29, 1.82) is 0 Å². The zero-order chi connectivity index (χ0) is 13.0. The van der Waals surface area contributed by atoms with E-state index < -0.39 is 17.8 Å². The van der Waals surface area contributed by atoms with E-state index in [0.717, 1.165) is 18.2 Å². The molecule has 6 nitrogen and oxygen atoms in total. The van der Waals surface area contributed by atoms with Crippen molar-refractivity contribution in [3.63, 3.8) is 0 Å². The van der Waals surface area contributed by atoms with Gasteiger partial charge in [0.1, 0.15) is 0 Å². The molecule has 90 valence electrons. The Balaban J connectivity index is 3.20. The van der Waals surface area contributed by atoms with Crippen molar-refractivity contribution < 1.29 is 24.6 Å². The van der Waals surface area contributed by atoms with Gasteiger partial charge in [0.05, 0.1) is 22.6 Å². The molecule has 1 rings (SSSR count). The molecule has 0 aromatic heterocycles. The van der Waals surface area contributed by atoms with Crippen LogP contribution in [0, 0.1) is 0 Å². The lowest BCUT2D eigenvalue weighted by atomic mass is 10.1. The minimum absolute atomic E-state index is 0.0588. The molecular formula is C10H9NO5S. The third kappa shape index (κ3) is 3.22. The van der Waals surface area contributed by atoms with E-state index in [-0.39, 0.29) is 22.6 Å². The number of rotatable bonds is 4. The second-order valence-electron chi connectivity index (χ2n) is 3.08. The normalized spacial score (nSPS) is 9.71. The summed E-state index contributed by atoms with van der Waals surface area (Å²) in [6.45, 7) is 0. The van der Waals surface area contributed by atoms with Crippen LogP contribution in [0.3, 0.4) is 0 Å². The predicted molar refractivity (Wildman–Crippen MR) is 62.8 cm³/mol. The standard InChI is InChI=1S/C10H9NO5S/c12-8(4-17)11-7-3-5(9(13)14)1-2-6(7)10(15)16/h1-3,17H,4H2,(H,11,12)(H,13,14)(H,15,16). The first-order valence-corrected chi connectivity index (χ1v) is 5.10. The van der Waals surface area contributed by atoms with Gasteiger partial charge in [0.15, 0.2) is 0 Å². The van der Waals surface area contributed by atoms with E-state index in [0.29, 0.717) is 0 Å². The number of hydrogen-bond acceptors (Lipinski definition) is 4. The topological polar surface area (TPSA) is 104 Å². The number of amides is 1. The lowest BCUT2D eigenvalue weighted by molar-refractivity contribution is -0.113. The molecule has 0 radical (unpaired) electrons. The highest BCUT2D eigenvalue weighted by molar-refractivity contribution is 7.81. The Labute approximate surface area is 102 Å². The number of thiol groups is 1. The van der Waals surface area contributed by atoms with Crippen LogP contribution < -0.4 is 5.32 Å². The smallest absolute Gasteiger partial charge is 0.337 e. The van der Waals surface area contributed by atoms with E-state index in [1.165, 1.54) is 0 Å². The summed E-state index contributed by atoms with van der Waals surface area (Å²) < 4.78 is 0. The number of aromatic carboxylic acids is 2. The van der Waals surface area contributed by atoms with Crippen LogP contribution in [0.25, 0.3) is 0 Å². The van der Waals surface area contributed by atoms with E-state index in [1.807, 2.05) is 0 Å². The molecule has 1 aromatic carbocycles. The number of carbonyl (C=O) groups excluding carboxylic acids is 1. The summed E-state index contributed by atoms with van der Waals surface area (Å²) in [5, 5.41) is 19.9. The van der Waals surface area contributed by atoms with Crippen LogP contribution in [0.5, 0.6) is 0 Å². The summed E-state index contributed by atoms with van der Waals surface area (Å²) in [5.74, 6) is -3.10. The lowest BCUT2D eigenvalue weighted by Crippen LogP contribution is -2.16. The number of hydrogen-bond donors (Lipinski definition) is 4. The van der Waals surface area contributed by atoms with Gasteiger partial charge >= 0.3 is 11.9 Å². The molecule has 0 bridgehead atoms. The van der Waals surface area contributed by atoms with E-state index in [4.69, 9.17) is 10.2 Å². The van der Waals surface area contributed by atoms with Crippen LogP contribution in [0.1, 0.15) is 20.7 Å². The average molecular weight is 255 g/mol. The molecular weight excluding hydrogens is 246 g/mol. The Morgan fingerprint density at radius 1 is 1.18 bits per heavy atom. The molecule has 3 N–H and O–H groups in total. The first-order valence-electron chi connectivity index (χ1n) is 4.47. The molecule has 0 fully saturated rings. The summed E-state index contributed by atoms with van der Waals surface area (Å²) in [6, 6.07) is 3.37. The fourth-order valence-electron chi connectivity index (χ4n) is 1.16.